The highest BCUT2D eigenvalue weighted by Crippen LogP contribution is 2.30. The summed E-state index contributed by atoms with van der Waals surface area (Å²) in [6.07, 6.45) is 2.29. The third-order valence-electron chi connectivity index (χ3n) is 3.40. The van der Waals surface area contributed by atoms with E-state index in [1.807, 2.05) is 12.1 Å². The van der Waals surface area contributed by atoms with Gasteiger partial charge < -0.3 is 15.2 Å². The van der Waals surface area contributed by atoms with Crippen molar-refractivity contribution < 1.29 is 9.47 Å². The number of benzene rings is 1. The summed E-state index contributed by atoms with van der Waals surface area (Å²) in [5, 5.41) is 11.9. The van der Waals surface area contributed by atoms with Gasteiger partial charge in [0, 0.05) is 12.3 Å². The number of anilines is 1. The van der Waals surface area contributed by atoms with E-state index < -0.39 is 0 Å². The van der Waals surface area contributed by atoms with Crippen LogP contribution in [0, 0.1) is 0 Å². The molecule has 1 aliphatic rings. The Morgan fingerprint density at radius 3 is 3.15 bits per heavy atom. The van der Waals surface area contributed by atoms with Crippen LogP contribution < -0.4 is 10.5 Å². The van der Waals surface area contributed by atoms with Crippen molar-refractivity contribution in [3.05, 3.63) is 18.2 Å². The van der Waals surface area contributed by atoms with E-state index in [9.17, 15) is 0 Å². The van der Waals surface area contributed by atoms with Crippen molar-refractivity contribution >= 4 is 5.69 Å². The molecule has 2 N–H and O–H groups in total. The summed E-state index contributed by atoms with van der Waals surface area (Å²) in [6, 6.07) is 5.42. The molecule has 1 aliphatic heterocycles. The van der Waals surface area contributed by atoms with Gasteiger partial charge in [-0.05, 0) is 41.5 Å². The van der Waals surface area contributed by atoms with Gasteiger partial charge in [0.15, 0.2) is 5.82 Å². The third-order valence-corrected chi connectivity index (χ3v) is 3.40. The first-order valence-corrected chi connectivity index (χ1v) is 6.59. The minimum atomic E-state index is 0.171. The van der Waals surface area contributed by atoms with E-state index in [0.29, 0.717) is 23.8 Å². The summed E-state index contributed by atoms with van der Waals surface area (Å²) in [5.74, 6) is 1.34. The van der Waals surface area contributed by atoms with E-state index in [2.05, 4.69) is 15.5 Å². The minimum absolute atomic E-state index is 0.171. The van der Waals surface area contributed by atoms with Crippen LogP contribution in [0.5, 0.6) is 5.75 Å². The van der Waals surface area contributed by atoms with E-state index in [1.165, 1.54) is 0 Å². The van der Waals surface area contributed by atoms with Crippen molar-refractivity contribution in [3.63, 3.8) is 0 Å². The zero-order valence-corrected chi connectivity index (χ0v) is 11.3. The molecule has 1 aromatic heterocycles. The smallest absolute Gasteiger partial charge is 0.185 e. The maximum atomic E-state index is 5.84. The van der Waals surface area contributed by atoms with Gasteiger partial charge in [0.2, 0.25) is 0 Å². The number of aromatic nitrogens is 4. The quantitative estimate of drug-likeness (QED) is 0.841. The van der Waals surface area contributed by atoms with E-state index in [0.717, 1.165) is 25.0 Å². The molecule has 3 rings (SSSR count). The van der Waals surface area contributed by atoms with Gasteiger partial charge in [-0.25, -0.2) is 4.68 Å². The van der Waals surface area contributed by atoms with E-state index in [4.69, 9.17) is 15.2 Å². The molecule has 2 heterocycles. The lowest BCUT2D eigenvalue weighted by Crippen LogP contribution is -2.17. The summed E-state index contributed by atoms with van der Waals surface area (Å²) in [4.78, 5) is 0. The molecule has 1 aromatic carbocycles. The third kappa shape index (κ3) is 2.44. The summed E-state index contributed by atoms with van der Waals surface area (Å²) >= 11 is 0. The van der Waals surface area contributed by atoms with Crippen LogP contribution in [-0.4, -0.2) is 40.0 Å². The summed E-state index contributed by atoms with van der Waals surface area (Å²) in [6.45, 7) is 1.45. The topological polar surface area (TPSA) is 88.1 Å². The molecule has 0 aliphatic carbocycles. The highest BCUT2D eigenvalue weighted by Gasteiger charge is 2.20. The van der Waals surface area contributed by atoms with Crippen molar-refractivity contribution in [2.24, 2.45) is 0 Å². The van der Waals surface area contributed by atoms with Crippen LogP contribution >= 0.6 is 0 Å². The molecule has 0 amide bonds. The molecule has 0 spiro atoms. The fraction of sp³-hybridized carbons (Fsp3) is 0.462. The molecule has 20 heavy (non-hydrogen) atoms. The number of rotatable bonds is 4. The van der Waals surface area contributed by atoms with Crippen molar-refractivity contribution in [1.82, 2.24) is 20.2 Å². The summed E-state index contributed by atoms with van der Waals surface area (Å²) in [7, 11) is 1.61. The highest BCUT2D eigenvalue weighted by atomic mass is 16.5. The molecule has 7 nitrogen and oxygen atoms in total. The molecule has 2 aromatic rings. The standard InChI is InChI=1S/C13H17N5O2/c1-19-12-5-4-9(14)7-11(12)13-15-16-17-18(13)8-10-3-2-6-20-10/h4-5,7,10H,2-3,6,8,14H2,1H3. The average Bonchev–Trinajstić information content (AvgIpc) is 3.11. The Hall–Kier alpha value is -2.15. The van der Waals surface area contributed by atoms with E-state index in [1.54, 1.807) is 17.9 Å². The molecular formula is C13H17N5O2. The number of nitrogens with zero attached hydrogens (tertiary/aromatic N) is 4. The largest absolute Gasteiger partial charge is 0.496 e. The molecule has 0 bridgehead atoms. The van der Waals surface area contributed by atoms with Crippen molar-refractivity contribution in [1.29, 1.82) is 0 Å². The van der Waals surface area contributed by atoms with Gasteiger partial charge in [-0.2, -0.15) is 0 Å². The molecule has 1 saturated heterocycles. The average molecular weight is 275 g/mol. The second-order valence-corrected chi connectivity index (χ2v) is 4.78. The lowest BCUT2D eigenvalue weighted by Gasteiger charge is -2.12. The fourth-order valence-electron chi connectivity index (χ4n) is 2.40. The first-order valence-electron chi connectivity index (χ1n) is 6.59. The van der Waals surface area contributed by atoms with Gasteiger partial charge >= 0.3 is 0 Å². The number of ether oxygens (including phenoxy) is 2. The summed E-state index contributed by atoms with van der Waals surface area (Å²) in [5.41, 5.74) is 7.28. The Labute approximate surface area is 116 Å². The molecule has 1 fully saturated rings. The number of methoxy groups -OCH3 is 1. The van der Waals surface area contributed by atoms with Crippen molar-refractivity contribution in [2.45, 2.75) is 25.5 Å². The van der Waals surface area contributed by atoms with Crippen LogP contribution in [0.2, 0.25) is 0 Å². The fourth-order valence-corrected chi connectivity index (χ4v) is 2.40. The van der Waals surface area contributed by atoms with Crippen LogP contribution in [0.1, 0.15) is 12.8 Å². The first-order chi connectivity index (χ1) is 9.78. The Morgan fingerprint density at radius 1 is 1.50 bits per heavy atom. The van der Waals surface area contributed by atoms with Crippen LogP contribution in [0.4, 0.5) is 5.69 Å². The van der Waals surface area contributed by atoms with Crippen LogP contribution in [0.15, 0.2) is 18.2 Å². The molecule has 1 atom stereocenters. The van der Waals surface area contributed by atoms with Gasteiger partial charge in [-0.1, -0.05) is 0 Å². The van der Waals surface area contributed by atoms with E-state index >= 15 is 0 Å². The van der Waals surface area contributed by atoms with Gasteiger partial charge in [-0.3, -0.25) is 0 Å². The number of nitrogens with two attached hydrogens (primary N) is 1. The Balaban J connectivity index is 1.94. The van der Waals surface area contributed by atoms with Gasteiger partial charge in [0.25, 0.3) is 0 Å². The lowest BCUT2D eigenvalue weighted by atomic mass is 10.1. The maximum absolute atomic E-state index is 5.84. The van der Waals surface area contributed by atoms with Crippen molar-refractivity contribution in [3.8, 4) is 17.1 Å². The van der Waals surface area contributed by atoms with Gasteiger partial charge in [0.1, 0.15) is 5.75 Å². The SMILES string of the molecule is COc1ccc(N)cc1-c1nnnn1CC1CCCO1. The molecule has 0 saturated carbocycles. The molecule has 7 heteroatoms. The zero-order chi connectivity index (χ0) is 13.9. The first kappa shape index (κ1) is 12.9. The second kappa shape index (κ2) is 5.46. The highest BCUT2D eigenvalue weighted by molar-refractivity contribution is 5.68. The lowest BCUT2D eigenvalue weighted by molar-refractivity contribution is 0.0939. The molecule has 1 unspecified atom stereocenters. The number of hydrogen-bond acceptors (Lipinski definition) is 6. The van der Waals surface area contributed by atoms with Gasteiger partial charge in [0.05, 0.1) is 25.3 Å². The molecule has 106 valence electrons. The normalized spacial score (nSPS) is 18.4. The monoisotopic (exact) mass is 275 g/mol. The van der Waals surface area contributed by atoms with E-state index in [-0.39, 0.29) is 6.10 Å². The van der Waals surface area contributed by atoms with Crippen LogP contribution in [-0.2, 0) is 11.3 Å². The number of hydrogen-bond donors (Lipinski definition) is 1. The maximum Gasteiger partial charge on any atom is 0.185 e. The Kier molecular flexibility index (Phi) is 3.51. The Bertz CT molecular complexity index is 592. The predicted molar refractivity (Wildman–Crippen MR) is 73.2 cm³/mol. The summed E-state index contributed by atoms with van der Waals surface area (Å²) < 4.78 is 12.7. The zero-order valence-electron chi connectivity index (χ0n) is 11.3. The molecule has 0 radical (unpaired) electrons. The number of nitrogen functional groups attached to an aromatic ring is 1. The second-order valence-electron chi connectivity index (χ2n) is 4.78. The van der Waals surface area contributed by atoms with Gasteiger partial charge in [-0.15, -0.1) is 5.10 Å². The Morgan fingerprint density at radius 2 is 2.40 bits per heavy atom. The molecular weight excluding hydrogens is 258 g/mol. The minimum Gasteiger partial charge on any atom is -0.496 e. The van der Waals surface area contributed by atoms with Crippen LogP contribution in [0.3, 0.4) is 0 Å². The van der Waals surface area contributed by atoms with Crippen molar-refractivity contribution in [2.75, 3.05) is 19.5 Å². The van der Waals surface area contributed by atoms with Crippen LogP contribution in [0.25, 0.3) is 11.4 Å². The number of tetrazole rings is 1. The predicted octanol–water partition coefficient (Wildman–Crippen LogP) is 1.11.